The van der Waals surface area contributed by atoms with Gasteiger partial charge in [-0.2, -0.15) is 0 Å². The Morgan fingerprint density at radius 3 is 1.97 bits per heavy atom. The van der Waals surface area contributed by atoms with Gasteiger partial charge in [0.2, 0.25) is 0 Å². The second kappa shape index (κ2) is 19.4. The molecule has 1 radical (unpaired) electrons. The van der Waals surface area contributed by atoms with Crippen molar-refractivity contribution in [1.82, 2.24) is 14.5 Å². The van der Waals surface area contributed by atoms with Gasteiger partial charge in [0.15, 0.2) is 0 Å². The van der Waals surface area contributed by atoms with Crippen molar-refractivity contribution in [3.63, 3.8) is 0 Å². The van der Waals surface area contributed by atoms with Crippen LogP contribution in [0.4, 0.5) is 4.39 Å². The van der Waals surface area contributed by atoms with Crippen molar-refractivity contribution in [1.29, 1.82) is 0 Å². The number of pyridine rings is 1. The van der Waals surface area contributed by atoms with Crippen molar-refractivity contribution in [2.75, 3.05) is 0 Å². The van der Waals surface area contributed by atoms with Crippen LogP contribution in [0.2, 0.25) is 19.6 Å². The number of furan rings is 1. The molecule has 7 aromatic carbocycles. The number of fused-ring (bicyclic) bond motifs is 4. The van der Waals surface area contributed by atoms with E-state index in [0.717, 1.165) is 61.2 Å². The SMILES string of the molecule is CC(C)(C)c1ccnc(-c2[c-]cc(F)cc2)c1.CC(C)c1cc(-c2ccc([Si](C)(C)C)cc2)cc(C(C)C)c1-n1c(-c2[c-]ccc3c2oc2cc(-c4ccccc4)ccc23)nc2ccccc21.[Ir]. The zero-order chi connectivity index (χ0) is 47.2. The van der Waals surface area contributed by atoms with Crippen LogP contribution in [-0.2, 0) is 25.5 Å². The van der Waals surface area contributed by atoms with E-state index < -0.39 is 8.07 Å². The minimum absolute atomic E-state index is 0. The molecule has 0 aliphatic heterocycles. The summed E-state index contributed by atoms with van der Waals surface area (Å²) in [7, 11) is -1.40. The normalized spacial score (nSPS) is 11.9. The maximum absolute atomic E-state index is 12.8. The number of hydrogen-bond acceptors (Lipinski definition) is 3. The smallest absolute Gasteiger partial charge is 0.121 e. The Morgan fingerprint density at radius 1 is 0.662 bits per heavy atom. The third kappa shape index (κ3) is 9.71. The van der Waals surface area contributed by atoms with Crippen molar-refractivity contribution in [3.8, 4) is 50.6 Å². The van der Waals surface area contributed by atoms with Gasteiger partial charge in [0, 0.05) is 43.2 Å². The molecule has 7 heteroatoms. The van der Waals surface area contributed by atoms with Gasteiger partial charge in [-0.25, -0.2) is 0 Å². The van der Waals surface area contributed by atoms with E-state index >= 15 is 0 Å². The van der Waals surface area contributed by atoms with Crippen molar-refractivity contribution in [3.05, 3.63) is 192 Å². The second-order valence-corrected chi connectivity index (χ2v) is 25.4. The molecule has 0 saturated carbocycles. The average Bonchev–Trinajstić information content (AvgIpc) is 3.90. The summed E-state index contributed by atoms with van der Waals surface area (Å²) in [5.74, 6) is 1.12. The van der Waals surface area contributed by atoms with Crippen molar-refractivity contribution in [2.24, 2.45) is 0 Å². The predicted octanol–water partition coefficient (Wildman–Crippen LogP) is 16.5. The quantitative estimate of drug-likeness (QED) is 0.112. The second-order valence-electron chi connectivity index (χ2n) is 20.3. The Bertz CT molecular complexity index is 3350. The van der Waals surface area contributed by atoms with Gasteiger partial charge in [-0.05, 0) is 98.3 Å². The fourth-order valence-corrected chi connectivity index (χ4v) is 10.1. The third-order valence-corrected chi connectivity index (χ3v) is 14.8. The maximum Gasteiger partial charge on any atom is 0.121 e. The molecule has 0 unspecified atom stereocenters. The molecule has 4 nitrogen and oxygen atoms in total. The van der Waals surface area contributed by atoms with Crippen molar-refractivity contribution < 1.29 is 28.9 Å². The standard InChI is InChI=1S/C46H43N2OSi.C15H15FN.Ir/c1-29(2)39-26-34(32-20-23-35(24-21-32)50(5,6)7)27-40(30(3)4)44(39)48-42-19-12-11-18-41(42)47-46(48)38-17-13-16-37-36-25-22-33(28-43(36)49-45(37)38)31-14-9-8-10-15-31;1-15(2,3)12-8-9-17-14(10-12)11-4-6-13(16)7-5-11;/h8-16,18-30H,1-7H3;4,6-10H,1-3H3;/q2*-1;. The minimum atomic E-state index is -1.40. The molecule has 3 heterocycles. The number of hydrogen-bond donors (Lipinski definition) is 0. The maximum atomic E-state index is 12.8. The number of imidazole rings is 1. The van der Waals surface area contributed by atoms with Crippen LogP contribution in [0.1, 0.15) is 77.0 Å². The summed E-state index contributed by atoms with van der Waals surface area (Å²) >= 11 is 0. The first-order valence-electron chi connectivity index (χ1n) is 23.4. The molecule has 10 aromatic rings. The van der Waals surface area contributed by atoms with Crippen LogP contribution in [0.15, 0.2) is 162 Å². The average molecular weight is 1090 g/mol. The number of halogens is 1. The van der Waals surface area contributed by atoms with E-state index in [1.807, 2.05) is 24.3 Å². The number of rotatable bonds is 8. The first kappa shape index (κ1) is 48.2. The first-order chi connectivity index (χ1) is 32.0. The molecule has 0 N–H and O–H groups in total. The van der Waals surface area contributed by atoms with Crippen LogP contribution in [0.3, 0.4) is 0 Å². The monoisotopic (exact) mass is 1090 g/mol. The van der Waals surface area contributed by atoms with E-state index in [-0.39, 0.29) is 43.2 Å². The van der Waals surface area contributed by atoms with Crippen LogP contribution in [0.5, 0.6) is 0 Å². The van der Waals surface area contributed by atoms with E-state index in [1.54, 1.807) is 12.3 Å². The molecule has 0 atom stereocenters. The molecule has 0 aliphatic rings. The zero-order valence-electron chi connectivity index (χ0n) is 40.6. The zero-order valence-corrected chi connectivity index (χ0v) is 44.0. The third-order valence-electron chi connectivity index (χ3n) is 12.7. The van der Waals surface area contributed by atoms with Gasteiger partial charge >= 0.3 is 0 Å². The molecule has 0 fully saturated rings. The van der Waals surface area contributed by atoms with E-state index in [4.69, 9.17) is 9.40 Å². The molecule has 0 amide bonds. The van der Waals surface area contributed by atoms with E-state index in [2.05, 4.69) is 199 Å². The Balaban J connectivity index is 0.000000293. The molecule has 0 saturated heterocycles. The van der Waals surface area contributed by atoms with Gasteiger partial charge in [-0.15, -0.1) is 48.0 Å². The fraction of sp³-hybridized carbons (Fsp3) is 0.213. The van der Waals surface area contributed by atoms with Crippen LogP contribution in [-0.4, -0.2) is 22.6 Å². The number of aromatic nitrogens is 3. The summed E-state index contributed by atoms with van der Waals surface area (Å²) in [4.78, 5) is 9.63. The number of benzene rings is 7. The Kier molecular flexibility index (Phi) is 13.8. The summed E-state index contributed by atoms with van der Waals surface area (Å²) in [6.45, 7) is 22.9. The molecule has 0 aliphatic carbocycles. The topological polar surface area (TPSA) is 43.9 Å². The van der Waals surface area contributed by atoms with Gasteiger partial charge in [0.1, 0.15) is 5.58 Å². The van der Waals surface area contributed by atoms with Crippen molar-refractivity contribution in [2.45, 2.75) is 85.4 Å². The molecule has 3 aromatic heterocycles. The van der Waals surface area contributed by atoms with E-state index in [1.165, 1.54) is 56.4 Å². The van der Waals surface area contributed by atoms with Gasteiger partial charge in [-0.1, -0.05) is 169 Å². The van der Waals surface area contributed by atoms with Gasteiger partial charge in [0.05, 0.1) is 30.5 Å². The van der Waals surface area contributed by atoms with Crippen LogP contribution < -0.4 is 5.19 Å². The van der Waals surface area contributed by atoms with E-state index in [9.17, 15) is 4.39 Å². The summed E-state index contributed by atoms with van der Waals surface area (Å²) in [5.41, 5.74) is 16.1. The Labute approximate surface area is 415 Å². The number of nitrogens with zero attached hydrogens (tertiary/aromatic N) is 3. The molecule has 68 heavy (non-hydrogen) atoms. The predicted molar refractivity (Wildman–Crippen MR) is 282 cm³/mol. The van der Waals surface area contributed by atoms with Crippen molar-refractivity contribution >= 4 is 46.2 Å². The van der Waals surface area contributed by atoms with Crippen LogP contribution in [0, 0.1) is 17.9 Å². The van der Waals surface area contributed by atoms with Gasteiger partial charge in [0.25, 0.3) is 0 Å². The molecule has 345 valence electrons. The summed E-state index contributed by atoms with van der Waals surface area (Å²) < 4.78 is 22.0. The minimum Gasteiger partial charge on any atom is -0.501 e. The van der Waals surface area contributed by atoms with Gasteiger partial charge in [-0.3, -0.25) is 9.37 Å². The van der Waals surface area contributed by atoms with Crippen LogP contribution in [0.25, 0.3) is 83.6 Å². The molecule has 10 rings (SSSR count). The van der Waals surface area contributed by atoms with Gasteiger partial charge < -0.3 is 14.0 Å². The summed E-state index contributed by atoms with van der Waals surface area (Å²) in [6, 6.07) is 58.7. The van der Waals surface area contributed by atoms with Crippen LogP contribution >= 0.6 is 0 Å². The first-order valence-corrected chi connectivity index (χ1v) is 26.9. The number of para-hydroxylation sites is 2. The summed E-state index contributed by atoms with van der Waals surface area (Å²) in [6.07, 6.45) is 1.78. The molecule has 0 bridgehead atoms. The molecular formula is C61H58FIrN3OSi-2. The molecule has 0 spiro atoms. The Hall–Kier alpha value is -6.24. The largest absolute Gasteiger partial charge is 0.501 e. The fourth-order valence-electron chi connectivity index (χ4n) is 8.90. The Morgan fingerprint density at radius 2 is 1.32 bits per heavy atom. The van der Waals surface area contributed by atoms with E-state index in [0.29, 0.717) is 0 Å². The summed E-state index contributed by atoms with van der Waals surface area (Å²) in [5, 5.41) is 3.64. The molecular weight excluding hydrogens is 1030 g/mol.